The first-order chi connectivity index (χ1) is 11.5. The quantitative estimate of drug-likeness (QED) is 0.874. The smallest absolute Gasteiger partial charge is 0.255 e. The Labute approximate surface area is 149 Å². The van der Waals surface area contributed by atoms with E-state index in [0.29, 0.717) is 16.8 Å². The largest absolute Gasteiger partial charge is 0.322 e. The molecule has 0 aliphatic heterocycles. The first-order valence-electron chi connectivity index (χ1n) is 8.01. The minimum absolute atomic E-state index is 0.0714. The van der Waals surface area contributed by atoms with Gasteiger partial charge in [-0.1, -0.05) is 23.8 Å². The molecule has 2 aromatic rings. The van der Waals surface area contributed by atoms with E-state index in [4.69, 9.17) is 0 Å². The van der Waals surface area contributed by atoms with E-state index in [1.807, 2.05) is 31.2 Å². The highest BCUT2D eigenvalue weighted by Gasteiger charge is 2.23. The van der Waals surface area contributed by atoms with Crippen molar-refractivity contribution in [3.8, 4) is 0 Å². The summed E-state index contributed by atoms with van der Waals surface area (Å²) in [6.45, 7) is 9.04. The van der Waals surface area contributed by atoms with Gasteiger partial charge in [-0.15, -0.1) is 0 Å². The summed E-state index contributed by atoms with van der Waals surface area (Å²) in [6, 6.07) is 12.0. The Morgan fingerprint density at radius 2 is 1.56 bits per heavy atom. The molecule has 2 aromatic carbocycles. The third-order valence-corrected chi connectivity index (χ3v) is 5.27. The molecule has 0 unspecified atom stereocenters. The van der Waals surface area contributed by atoms with Crippen LogP contribution >= 0.6 is 0 Å². The maximum Gasteiger partial charge on any atom is 0.255 e. The van der Waals surface area contributed by atoms with Gasteiger partial charge >= 0.3 is 0 Å². The van der Waals surface area contributed by atoms with Crippen molar-refractivity contribution in [3.05, 3.63) is 59.2 Å². The van der Waals surface area contributed by atoms with Crippen molar-refractivity contribution < 1.29 is 13.2 Å². The second kappa shape index (κ2) is 6.98. The number of carbonyl (C=O) groups excluding carboxylic acids is 1. The van der Waals surface area contributed by atoms with Gasteiger partial charge in [-0.05, 0) is 64.4 Å². The number of aryl methyl sites for hydroxylation is 2. The summed E-state index contributed by atoms with van der Waals surface area (Å²) in [6.07, 6.45) is 0. The second-order valence-corrected chi connectivity index (χ2v) is 8.83. The molecule has 2 rings (SSSR count). The first-order valence-corrected chi connectivity index (χ1v) is 9.49. The number of hydrogen-bond acceptors (Lipinski definition) is 3. The van der Waals surface area contributed by atoms with Crippen molar-refractivity contribution in [2.45, 2.75) is 45.1 Å². The lowest BCUT2D eigenvalue weighted by Crippen LogP contribution is -2.40. The van der Waals surface area contributed by atoms with Crippen molar-refractivity contribution in [2.75, 3.05) is 5.32 Å². The van der Waals surface area contributed by atoms with Crippen molar-refractivity contribution in [2.24, 2.45) is 0 Å². The summed E-state index contributed by atoms with van der Waals surface area (Å²) in [4.78, 5) is 12.6. The van der Waals surface area contributed by atoms with E-state index < -0.39 is 15.6 Å². The number of anilines is 1. The molecule has 0 aliphatic carbocycles. The molecule has 6 heteroatoms. The Morgan fingerprint density at radius 3 is 2.12 bits per heavy atom. The van der Waals surface area contributed by atoms with Crippen LogP contribution in [0.1, 0.15) is 42.3 Å². The summed E-state index contributed by atoms with van der Waals surface area (Å²) in [5.74, 6) is -0.339. The molecule has 0 heterocycles. The predicted molar refractivity (Wildman–Crippen MR) is 100 cm³/mol. The first kappa shape index (κ1) is 19.1. The monoisotopic (exact) mass is 360 g/mol. The Balaban J connectivity index is 2.32. The van der Waals surface area contributed by atoms with E-state index in [1.165, 1.54) is 12.1 Å². The Hall–Kier alpha value is -2.18. The Morgan fingerprint density at radius 1 is 0.960 bits per heavy atom. The second-order valence-electron chi connectivity index (χ2n) is 7.15. The number of benzene rings is 2. The van der Waals surface area contributed by atoms with Crippen LogP contribution in [0.15, 0.2) is 47.4 Å². The highest BCUT2D eigenvalue weighted by atomic mass is 32.2. The fraction of sp³-hybridized carbons (Fsp3) is 0.316. The predicted octanol–water partition coefficient (Wildman–Crippen LogP) is 3.63. The molecule has 0 aliphatic rings. The zero-order valence-electron chi connectivity index (χ0n) is 15.2. The van der Waals surface area contributed by atoms with Crippen LogP contribution < -0.4 is 10.0 Å². The zero-order chi connectivity index (χ0) is 18.8. The molecule has 1 amide bonds. The summed E-state index contributed by atoms with van der Waals surface area (Å²) < 4.78 is 27.6. The number of carbonyl (C=O) groups is 1. The van der Waals surface area contributed by atoms with Gasteiger partial charge < -0.3 is 5.32 Å². The number of hydrogen-bond donors (Lipinski definition) is 2. The molecule has 0 fully saturated rings. The van der Waals surface area contributed by atoms with Gasteiger partial charge in [0.25, 0.3) is 5.91 Å². The molecule has 0 saturated carbocycles. The highest BCUT2D eigenvalue weighted by molar-refractivity contribution is 7.89. The van der Waals surface area contributed by atoms with E-state index >= 15 is 0 Å². The van der Waals surface area contributed by atoms with Gasteiger partial charge in [-0.25, -0.2) is 13.1 Å². The summed E-state index contributed by atoms with van der Waals surface area (Å²) in [7, 11) is -3.70. The molecule has 0 radical (unpaired) electrons. The summed E-state index contributed by atoms with van der Waals surface area (Å²) >= 11 is 0. The molecular formula is C19H24N2O3S. The van der Waals surface area contributed by atoms with Gasteiger partial charge in [0.05, 0.1) is 4.90 Å². The van der Waals surface area contributed by atoms with Crippen molar-refractivity contribution >= 4 is 21.6 Å². The molecule has 0 atom stereocenters. The van der Waals surface area contributed by atoms with Gasteiger partial charge in [0.1, 0.15) is 0 Å². The minimum Gasteiger partial charge on any atom is -0.322 e. The third kappa shape index (κ3) is 5.14. The third-order valence-electron chi connectivity index (χ3n) is 3.51. The number of sulfonamides is 1. The van der Waals surface area contributed by atoms with Gasteiger partial charge in [0.2, 0.25) is 10.0 Å². The van der Waals surface area contributed by atoms with Gasteiger partial charge in [0, 0.05) is 16.8 Å². The van der Waals surface area contributed by atoms with Gasteiger partial charge in [0.15, 0.2) is 0 Å². The van der Waals surface area contributed by atoms with Crippen molar-refractivity contribution in [3.63, 3.8) is 0 Å². The van der Waals surface area contributed by atoms with E-state index in [9.17, 15) is 13.2 Å². The van der Waals surface area contributed by atoms with Crippen LogP contribution in [0.5, 0.6) is 0 Å². The zero-order valence-corrected chi connectivity index (χ0v) is 16.0. The number of amides is 1. The molecule has 0 bridgehead atoms. The average molecular weight is 360 g/mol. The summed E-state index contributed by atoms with van der Waals surface area (Å²) in [5, 5.41) is 2.80. The van der Waals surface area contributed by atoms with Crippen LogP contribution in [0.4, 0.5) is 5.69 Å². The van der Waals surface area contributed by atoms with Crippen molar-refractivity contribution in [1.29, 1.82) is 0 Å². The fourth-order valence-corrected chi connectivity index (χ4v) is 3.75. The lowest BCUT2D eigenvalue weighted by atomic mass is 10.1. The van der Waals surface area contributed by atoms with Gasteiger partial charge in [-0.3, -0.25) is 4.79 Å². The van der Waals surface area contributed by atoms with E-state index in [0.717, 1.165) is 5.56 Å². The Kier molecular flexibility index (Phi) is 5.34. The topological polar surface area (TPSA) is 75.3 Å². The van der Waals surface area contributed by atoms with E-state index in [1.54, 1.807) is 33.8 Å². The van der Waals surface area contributed by atoms with Crippen LogP contribution in [0.2, 0.25) is 0 Å². The molecule has 0 saturated heterocycles. The van der Waals surface area contributed by atoms with Crippen LogP contribution in [0.3, 0.4) is 0 Å². The average Bonchev–Trinajstić information content (AvgIpc) is 2.47. The van der Waals surface area contributed by atoms with E-state index in [2.05, 4.69) is 10.0 Å². The molecule has 0 spiro atoms. The summed E-state index contributed by atoms with van der Waals surface area (Å²) in [5.41, 5.74) is 2.19. The molecule has 2 N–H and O–H groups in total. The molecule has 0 aromatic heterocycles. The van der Waals surface area contributed by atoms with Crippen LogP contribution in [0, 0.1) is 13.8 Å². The lowest BCUT2D eigenvalue weighted by molar-refractivity contribution is 0.102. The molecular weight excluding hydrogens is 336 g/mol. The minimum atomic E-state index is -3.70. The SMILES string of the molecule is Cc1ccc(NC(=O)c2cc(S(=O)(=O)NC(C)(C)C)ccc2C)cc1. The van der Waals surface area contributed by atoms with Crippen LogP contribution in [0.25, 0.3) is 0 Å². The van der Waals surface area contributed by atoms with Gasteiger partial charge in [-0.2, -0.15) is 0 Å². The lowest BCUT2D eigenvalue weighted by Gasteiger charge is -2.20. The standard InChI is InChI=1S/C19H24N2O3S/c1-13-6-9-15(10-7-13)20-18(22)17-12-16(11-8-14(17)2)25(23,24)21-19(3,4)5/h6-12,21H,1-5H3,(H,20,22). The maximum absolute atomic E-state index is 12.6. The highest BCUT2D eigenvalue weighted by Crippen LogP contribution is 2.19. The van der Waals surface area contributed by atoms with E-state index in [-0.39, 0.29) is 10.8 Å². The molecule has 25 heavy (non-hydrogen) atoms. The fourth-order valence-electron chi connectivity index (χ4n) is 2.31. The molecule has 5 nitrogen and oxygen atoms in total. The normalized spacial score (nSPS) is 12.0. The maximum atomic E-state index is 12.6. The van der Waals surface area contributed by atoms with Crippen LogP contribution in [-0.2, 0) is 10.0 Å². The number of nitrogens with one attached hydrogen (secondary N) is 2. The molecule has 134 valence electrons. The van der Waals surface area contributed by atoms with Crippen LogP contribution in [-0.4, -0.2) is 19.9 Å². The Bertz CT molecular complexity index is 880. The number of rotatable bonds is 4. The van der Waals surface area contributed by atoms with Crippen molar-refractivity contribution in [1.82, 2.24) is 4.72 Å².